The summed E-state index contributed by atoms with van der Waals surface area (Å²) in [7, 11) is 2.10. The van der Waals surface area contributed by atoms with Gasteiger partial charge in [0.1, 0.15) is 11.5 Å². The normalized spacial score (nSPS) is 26.0. The Morgan fingerprint density at radius 1 is 1.15 bits per heavy atom. The first-order chi connectivity index (χ1) is 13.0. The third-order valence-electron chi connectivity index (χ3n) is 6.68. The molecule has 0 spiro atoms. The number of likely N-dealkylation sites (tertiary alicyclic amines) is 1. The van der Waals surface area contributed by atoms with Crippen molar-refractivity contribution in [2.45, 2.75) is 44.7 Å². The number of likely N-dealkylation sites (N-methyl/N-ethyl adjacent to an activating group) is 1. The molecule has 0 amide bonds. The van der Waals surface area contributed by atoms with Gasteiger partial charge >= 0.3 is 0 Å². The average molecular weight is 373 g/mol. The quantitative estimate of drug-likeness (QED) is 0.807. The number of fused-ring (bicyclic) bond motifs is 2. The molecule has 0 radical (unpaired) electrons. The van der Waals surface area contributed by atoms with Crippen molar-refractivity contribution in [3.05, 3.63) is 39.7 Å². The second-order valence-electron chi connectivity index (χ2n) is 8.55. The van der Waals surface area contributed by atoms with Crippen molar-refractivity contribution < 1.29 is 8.78 Å². The van der Waals surface area contributed by atoms with E-state index < -0.39 is 11.6 Å². The number of anilines is 1. The Labute approximate surface area is 157 Å². The van der Waals surface area contributed by atoms with Crippen LogP contribution in [0, 0.1) is 24.5 Å². The summed E-state index contributed by atoms with van der Waals surface area (Å²) in [5.41, 5.74) is 0.575. The average Bonchev–Trinajstić information content (AvgIpc) is 3.38. The number of aromatic nitrogens is 1. The highest BCUT2D eigenvalue weighted by atomic mass is 19.1. The first-order valence-electron chi connectivity index (χ1n) is 9.94. The summed E-state index contributed by atoms with van der Waals surface area (Å²) in [6.07, 6.45) is 5.93. The fourth-order valence-electron chi connectivity index (χ4n) is 5.09. The van der Waals surface area contributed by atoms with Crippen LogP contribution < -0.4 is 10.3 Å². The van der Waals surface area contributed by atoms with Gasteiger partial charge in [-0.25, -0.2) is 8.78 Å². The number of hydrogen-bond donors (Lipinski definition) is 0. The fraction of sp³-hybridized carbons (Fsp3) is 0.571. The molecule has 1 aromatic carbocycles. The summed E-state index contributed by atoms with van der Waals surface area (Å²) in [5, 5.41) is 0.161. The highest BCUT2D eigenvalue weighted by Crippen LogP contribution is 2.41. The minimum absolute atomic E-state index is 0.0444. The molecule has 2 atom stereocenters. The molecule has 2 aliphatic heterocycles. The van der Waals surface area contributed by atoms with E-state index in [-0.39, 0.29) is 28.1 Å². The molecule has 1 saturated carbocycles. The van der Waals surface area contributed by atoms with Crippen LogP contribution in [0.15, 0.2) is 17.1 Å². The molecule has 0 bridgehead atoms. The second-order valence-corrected chi connectivity index (χ2v) is 8.55. The van der Waals surface area contributed by atoms with Crippen LogP contribution in [0.25, 0.3) is 10.9 Å². The summed E-state index contributed by atoms with van der Waals surface area (Å²) in [5.74, 6) is -0.747. The van der Waals surface area contributed by atoms with Crippen LogP contribution in [0.4, 0.5) is 14.5 Å². The Balaban J connectivity index is 1.66. The molecule has 4 nitrogen and oxygen atoms in total. The number of piperidine rings is 1. The van der Waals surface area contributed by atoms with Gasteiger partial charge in [0.2, 0.25) is 0 Å². The van der Waals surface area contributed by atoms with Crippen LogP contribution in [-0.4, -0.2) is 42.2 Å². The first kappa shape index (κ1) is 17.2. The number of halogens is 2. The molecule has 0 N–H and O–H groups in total. The van der Waals surface area contributed by atoms with Crippen LogP contribution in [-0.2, 0) is 0 Å². The maximum Gasteiger partial charge on any atom is 0.192 e. The Morgan fingerprint density at radius 3 is 2.63 bits per heavy atom. The maximum atomic E-state index is 15.7. The van der Waals surface area contributed by atoms with E-state index in [2.05, 4.69) is 11.9 Å². The molecule has 3 heterocycles. The molecule has 144 valence electrons. The van der Waals surface area contributed by atoms with Crippen LogP contribution in [0.5, 0.6) is 0 Å². The van der Waals surface area contributed by atoms with E-state index in [4.69, 9.17) is 0 Å². The molecular weight excluding hydrogens is 348 g/mol. The summed E-state index contributed by atoms with van der Waals surface area (Å²) in [6, 6.07) is 1.82. The molecular formula is C21H25F2N3O. The molecule has 27 heavy (non-hydrogen) atoms. The number of aryl methyl sites for hydroxylation is 1. The Bertz CT molecular complexity index is 982. The fourth-order valence-corrected chi connectivity index (χ4v) is 5.09. The zero-order valence-corrected chi connectivity index (χ0v) is 15.8. The summed E-state index contributed by atoms with van der Waals surface area (Å²) in [4.78, 5) is 16.7. The molecule has 5 rings (SSSR count). The monoisotopic (exact) mass is 373 g/mol. The highest BCUT2D eigenvalue weighted by molar-refractivity contribution is 5.85. The van der Waals surface area contributed by atoms with E-state index in [0.29, 0.717) is 30.6 Å². The topological polar surface area (TPSA) is 28.5 Å². The Kier molecular flexibility index (Phi) is 3.83. The molecule has 3 fully saturated rings. The van der Waals surface area contributed by atoms with Gasteiger partial charge in [0, 0.05) is 36.9 Å². The minimum Gasteiger partial charge on any atom is -0.365 e. The highest BCUT2D eigenvalue weighted by Gasteiger charge is 2.40. The third kappa shape index (κ3) is 2.60. The molecule has 2 unspecified atom stereocenters. The van der Waals surface area contributed by atoms with Crippen LogP contribution in [0.1, 0.15) is 37.3 Å². The van der Waals surface area contributed by atoms with Gasteiger partial charge in [0.05, 0.1) is 10.9 Å². The second kappa shape index (κ2) is 6.03. The van der Waals surface area contributed by atoms with E-state index in [1.807, 2.05) is 9.47 Å². The molecule has 6 heteroatoms. The number of nitrogens with zero attached hydrogens (tertiary/aromatic N) is 3. The van der Waals surface area contributed by atoms with Gasteiger partial charge in [-0.1, -0.05) is 0 Å². The van der Waals surface area contributed by atoms with Crippen LogP contribution in [0.2, 0.25) is 0 Å². The van der Waals surface area contributed by atoms with E-state index in [0.717, 1.165) is 32.2 Å². The Morgan fingerprint density at radius 2 is 1.93 bits per heavy atom. The van der Waals surface area contributed by atoms with Crippen molar-refractivity contribution in [2.24, 2.45) is 5.92 Å². The Hall–Kier alpha value is -1.95. The molecule has 1 aromatic heterocycles. The number of rotatable bonds is 2. The lowest BCUT2D eigenvalue weighted by molar-refractivity contribution is 0.158. The largest absolute Gasteiger partial charge is 0.365 e. The van der Waals surface area contributed by atoms with Crippen molar-refractivity contribution in [3.63, 3.8) is 0 Å². The van der Waals surface area contributed by atoms with Crippen LogP contribution in [0.3, 0.4) is 0 Å². The van der Waals surface area contributed by atoms with Gasteiger partial charge in [-0.2, -0.15) is 0 Å². The smallest absolute Gasteiger partial charge is 0.192 e. The van der Waals surface area contributed by atoms with Crippen molar-refractivity contribution in [1.82, 2.24) is 9.47 Å². The molecule has 1 aliphatic carbocycles. The summed E-state index contributed by atoms with van der Waals surface area (Å²) in [6.45, 7) is 4.07. The SMILES string of the molecule is Cc1cn(C2CC2)c2c(F)c(N3CC4CCCN(C)C4C3)c(F)cc2c1=O. The van der Waals surface area contributed by atoms with Gasteiger partial charge in [-0.15, -0.1) is 0 Å². The molecule has 3 aliphatic rings. The van der Waals surface area contributed by atoms with Crippen molar-refractivity contribution in [1.29, 1.82) is 0 Å². The lowest BCUT2D eigenvalue weighted by atomic mass is 9.93. The number of benzene rings is 1. The predicted molar refractivity (Wildman–Crippen MR) is 102 cm³/mol. The van der Waals surface area contributed by atoms with E-state index in [1.54, 1.807) is 13.1 Å². The van der Waals surface area contributed by atoms with E-state index in [1.165, 1.54) is 6.07 Å². The van der Waals surface area contributed by atoms with Gasteiger partial charge < -0.3 is 14.4 Å². The zero-order valence-electron chi connectivity index (χ0n) is 15.8. The lowest BCUT2D eigenvalue weighted by Gasteiger charge is -2.33. The predicted octanol–water partition coefficient (Wildman–Crippen LogP) is 3.45. The number of hydrogen-bond acceptors (Lipinski definition) is 3. The minimum atomic E-state index is -0.619. The van der Waals surface area contributed by atoms with Crippen molar-refractivity contribution in [3.8, 4) is 0 Å². The van der Waals surface area contributed by atoms with Crippen molar-refractivity contribution in [2.75, 3.05) is 31.6 Å². The van der Waals surface area contributed by atoms with Gasteiger partial charge in [-0.05, 0) is 58.2 Å². The molecule has 2 aromatic rings. The van der Waals surface area contributed by atoms with Gasteiger partial charge in [-0.3, -0.25) is 4.79 Å². The third-order valence-corrected chi connectivity index (χ3v) is 6.68. The standard InChI is InChI=1S/C21H25F2N3O/c1-12-9-26(14-5-6-14)19-15(21(12)27)8-16(22)20(18(19)23)25-10-13-4-3-7-24(2)17(13)11-25/h8-9,13-14,17H,3-7,10-11H2,1-2H3. The van der Waals surface area contributed by atoms with E-state index in [9.17, 15) is 4.79 Å². The van der Waals surface area contributed by atoms with Crippen molar-refractivity contribution >= 4 is 16.6 Å². The van der Waals surface area contributed by atoms with Gasteiger partial charge in [0.15, 0.2) is 11.2 Å². The molecule has 2 saturated heterocycles. The number of pyridine rings is 1. The first-order valence-corrected chi connectivity index (χ1v) is 9.94. The van der Waals surface area contributed by atoms with Gasteiger partial charge in [0.25, 0.3) is 0 Å². The van der Waals surface area contributed by atoms with E-state index >= 15 is 8.78 Å². The summed E-state index contributed by atoms with van der Waals surface area (Å²) >= 11 is 0. The summed E-state index contributed by atoms with van der Waals surface area (Å²) < 4.78 is 32.5. The van der Waals surface area contributed by atoms with Crippen LogP contribution >= 0.6 is 0 Å². The maximum absolute atomic E-state index is 15.7. The zero-order chi connectivity index (χ0) is 18.9. The lowest BCUT2D eigenvalue weighted by Crippen LogP contribution is -2.42.